The van der Waals surface area contributed by atoms with E-state index in [4.69, 9.17) is 18.9 Å². The van der Waals surface area contributed by atoms with Crippen LogP contribution >= 0.6 is 0 Å². The van der Waals surface area contributed by atoms with Crippen LogP contribution < -0.4 is 0 Å². The maximum atomic E-state index is 10.5. The van der Waals surface area contributed by atoms with Crippen molar-refractivity contribution in [2.45, 2.75) is 44.4 Å². The smallest absolute Gasteiger partial charge is 0.184 e. The molecule has 5 nitrogen and oxygen atoms in total. The van der Waals surface area contributed by atoms with Gasteiger partial charge in [0, 0.05) is 0 Å². The van der Waals surface area contributed by atoms with Crippen molar-refractivity contribution in [3.8, 4) is 0 Å². The predicted octanol–water partition coefficient (Wildman–Crippen LogP) is 4.09. The van der Waals surface area contributed by atoms with Crippen molar-refractivity contribution in [2.75, 3.05) is 6.61 Å². The minimum atomic E-state index is -1.07. The number of rotatable bonds is 10. The van der Waals surface area contributed by atoms with E-state index in [1.54, 1.807) is 0 Å². The fourth-order valence-electron chi connectivity index (χ4n) is 3.62. The van der Waals surface area contributed by atoms with Gasteiger partial charge < -0.3 is 24.1 Å². The fourth-order valence-corrected chi connectivity index (χ4v) is 3.62. The first kappa shape index (κ1) is 21.7. The average molecular weight is 421 g/mol. The Balaban J connectivity index is 1.39. The van der Waals surface area contributed by atoms with Crippen molar-refractivity contribution in [3.05, 3.63) is 108 Å². The van der Waals surface area contributed by atoms with Crippen LogP contribution in [0, 0.1) is 0 Å². The number of hydrogen-bond donors (Lipinski definition) is 1. The van der Waals surface area contributed by atoms with Crippen molar-refractivity contribution in [3.63, 3.8) is 0 Å². The largest absolute Gasteiger partial charge is 0.374 e. The summed E-state index contributed by atoms with van der Waals surface area (Å²) >= 11 is 0. The van der Waals surface area contributed by atoms with Crippen LogP contribution in [0.25, 0.3) is 0 Å². The zero-order valence-corrected chi connectivity index (χ0v) is 17.4. The Bertz CT molecular complexity index is 887. The van der Waals surface area contributed by atoms with E-state index in [1.165, 1.54) is 0 Å². The van der Waals surface area contributed by atoms with Crippen LogP contribution in [0.3, 0.4) is 0 Å². The Morgan fingerprint density at radius 1 is 0.613 bits per heavy atom. The number of ether oxygens (including phenoxy) is 4. The molecule has 4 atom stereocenters. The highest BCUT2D eigenvalue weighted by atomic mass is 16.7. The fraction of sp³-hybridized carbons (Fsp3) is 0.308. The van der Waals surface area contributed by atoms with Gasteiger partial charge in [-0.15, -0.1) is 0 Å². The summed E-state index contributed by atoms with van der Waals surface area (Å²) in [5.41, 5.74) is 3.16. The third kappa shape index (κ3) is 6.23. The van der Waals surface area contributed by atoms with Crippen LogP contribution in [0.15, 0.2) is 91.0 Å². The van der Waals surface area contributed by atoms with Crippen LogP contribution in [0.5, 0.6) is 0 Å². The SMILES string of the molecule is O[C@H]1O[C@@H](COCc2ccccc2)[C@H](OCc2ccccc2)[C@H]1OCc1ccccc1. The first-order valence-electron chi connectivity index (χ1n) is 10.6. The lowest BCUT2D eigenvalue weighted by Gasteiger charge is -2.24. The second-order valence-electron chi connectivity index (χ2n) is 7.59. The van der Waals surface area contributed by atoms with Gasteiger partial charge in [0.25, 0.3) is 0 Å². The summed E-state index contributed by atoms with van der Waals surface area (Å²) in [5.74, 6) is 0. The van der Waals surface area contributed by atoms with Crippen molar-refractivity contribution in [1.29, 1.82) is 0 Å². The molecule has 1 aliphatic heterocycles. The van der Waals surface area contributed by atoms with Gasteiger partial charge in [0.15, 0.2) is 6.29 Å². The molecule has 0 radical (unpaired) electrons. The zero-order valence-electron chi connectivity index (χ0n) is 17.4. The van der Waals surface area contributed by atoms with E-state index in [9.17, 15) is 5.11 Å². The van der Waals surface area contributed by atoms with Gasteiger partial charge in [-0.1, -0.05) is 91.0 Å². The lowest BCUT2D eigenvalue weighted by atomic mass is 10.1. The number of aliphatic hydroxyl groups is 1. The highest BCUT2D eigenvalue weighted by Crippen LogP contribution is 2.28. The van der Waals surface area contributed by atoms with E-state index < -0.39 is 24.6 Å². The molecular weight excluding hydrogens is 392 g/mol. The Morgan fingerprint density at radius 3 is 1.58 bits per heavy atom. The topological polar surface area (TPSA) is 57.2 Å². The molecule has 0 aromatic heterocycles. The van der Waals surface area contributed by atoms with Crippen molar-refractivity contribution < 1.29 is 24.1 Å². The van der Waals surface area contributed by atoms with Gasteiger partial charge in [-0.3, -0.25) is 0 Å². The highest BCUT2D eigenvalue weighted by molar-refractivity contribution is 5.15. The Labute approximate surface area is 183 Å². The van der Waals surface area contributed by atoms with E-state index in [-0.39, 0.29) is 0 Å². The number of benzene rings is 3. The lowest BCUT2D eigenvalue weighted by Crippen LogP contribution is -2.39. The summed E-state index contributed by atoms with van der Waals surface area (Å²) in [6.45, 7) is 1.55. The number of aliphatic hydroxyl groups excluding tert-OH is 1. The molecular formula is C26H28O5. The van der Waals surface area contributed by atoms with Gasteiger partial charge in [0.05, 0.1) is 26.4 Å². The Morgan fingerprint density at radius 2 is 1.06 bits per heavy atom. The maximum absolute atomic E-state index is 10.5. The molecule has 5 heteroatoms. The molecule has 1 aliphatic rings. The second kappa shape index (κ2) is 11.2. The highest BCUT2D eigenvalue weighted by Gasteiger charge is 2.45. The molecule has 0 spiro atoms. The minimum absolute atomic E-state index is 0.302. The molecule has 162 valence electrons. The first-order valence-corrected chi connectivity index (χ1v) is 10.6. The average Bonchev–Trinajstić information content (AvgIpc) is 3.12. The molecule has 0 amide bonds. The maximum Gasteiger partial charge on any atom is 0.184 e. The van der Waals surface area contributed by atoms with Crippen molar-refractivity contribution in [2.24, 2.45) is 0 Å². The molecule has 0 saturated carbocycles. The summed E-state index contributed by atoms with van der Waals surface area (Å²) in [4.78, 5) is 0. The summed E-state index contributed by atoms with van der Waals surface area (Å²) in [7, 11) is 0. The molecule has 4 rings (SSSR count). The molecule has 3 aromatic carbocycles. The molecule has 0 unspecified atom stereocenters. The Kier molecular flexibility index (Phi) is 7.82. The monoisotopic (exact) mass is 420 g/mol. The van der Waals surface area contributed by atoms with Gasteiger partial charge in [0.1, 0.15) is 18.3 Å². The molecule has 3 aromatic rings. The van der Waals surface area contributed by atoms with E-state index in [0.717, 1.165) is 16.7 Å². The van der Waals surface area contributed by atoms with Crippen LogP contribution in [0.4, 0.5) is 0 Å². The van der Waals surface area contributed by atoms with Gasteiger partial charge in [-0.05, 0) is 16.7 Å². The van der Waals surface area contributed by atoms with Gasteiger partial charge in [-0.25, -0.2) is 0 Å². The molecule has 31 heavy (non-hydrogen) atoms. The van der Waals surface area contributed by atoms with E-state index in [1.807, 2.05) is 91.0 Å². The summed E-state index contributed by atoms with van der Waals surface area (Å²) < 4.78 is 23.9. The van der Waals surface area contributed by atoms with E-state index in [0.29, 0.717) is 26.4 Å². The van der Waals surface area contributed by atoms with Gasteiger partial charge >= 0.3 is 0 Å². The summed E-state index contributed by atoms with van der Waals surface area (Å²) in [6.07, 6.45) is -2.55. The second-order valence-corrected chi connectivity index (χ2v) is 7.59. The molecule has 1 saturated heterocycles. The van der Waals surface area contributed by atoms with Gasteiger partial charge in [0.2, 0.25) is 0 Å². The third-order valence-corrected chi connectivity index (χ3v) is 5.25. The number of hydrogen-bond acceptors (Lipinski definition) is 5. The van der Waals surface area contributed by atoms with Crippen LogP contribution in [-0.4, -0.2) is 36.3 Å². The lowest BCUT2D eigenvalue weighted by molar-refractivity contribution is -0.153. The Hall–Kier alpha value is -2.54. The van der Waals surface area contributed by atoms with Crippen LogP contribution in [-0.2, 0) is 38.8 Å². The minimum Gasteiger partial charge on any atom is -0.374 e. The normalized spacial score (nSPS) is 23.1. The summed E-state index contributed by atoms with van der Waals surface area (Å²) in [6, 6.07) is 29.8. The van der Waals surface area contributed by atoms with Gasteiger partial charge in [-0.2, -0.15) is 0 Å². The quantitative estimate of drug-likeness (QED) is 0.535. The predicted molar refractivity (Wildman–Crippen MR) is 117 cm³/mol. The van der Waals surface area contributed by atoms with E-state index >= 15 is 0 Å². The molecule has 1 N–H and O–H groups in total. The zero-order chi connectivity index (χ0) is 21.3. The van der Waals surface area contributed by atoms with Crippen LogP contribution in [0.2, 0.25) is 0 Å². The van der Waals surface area contributed by atoms with E-state index in [2.05, 4.69) is 0 Å². The standard InChI is InChI=1S/C26H28O5/c27-26-25(30-18-22-14-8-3-9-15-22)24(29-17-21-12-6-2-7-13-21)23(31-26)19-28-16-20-10-4-1-5-11-20/h1-15,23-27H,16-19H2/t23-,24-,25+,26-/m0/s1. The molecule has 1 heterocycles. The summed E-state index contributed by atoms with van der Waals surface area (Å²) in [5, 5.41) is 10.5. The molecule has 1 fully saturated rings. The molecule has 0 aliphatic carbocycles. The van der Waals surface area contributed by atoms with Crippen molar-refractivity contribution >= 4 is 0 Å². The van der Waals surface area contributed by atoms with Crippen molar-refractivity contribution in [1.82, 2.24) is 0 Å². The van der Waals surface area contributed by atoms with Crippen LogP contribution in [0.1, 0.15) is 16.7 Å². The third-order valence-electron chi connectivity index (χ3n) is 5.25. The molecule has 0 bridgehead atoms. The first-order chi connectivity index (χ1) is 15.3.